The third-order valence-electron chi connectivity index (χ3n) is 2.33. The number of carboxylic acids is 1. The molecule has 0 bridgehead atoms. The molecule has 88 valence electrons. The van der Waals surface area contributed by atoms with E-state index in [1.165, 1.54) is 22.9 Å². The minimum Gasteiger partial charge on any atom is -0.508 e. The molecule has 0 saturated carbocycles. The van der Waals surface area contributed by atoms with Crippen LogP contribution in [0.1, 0.15) is 10.5 Å². The van der Waals surface area contributed by atoms with E-state index in [0.29, 0.717) is 16.3 Å². The molecule has 0 aliphatic heterocycles. The van der Waals surface area contributed by atoms with Gasteiger partial charge in [0, 0.05) is 12.6 Å². The van der Waals surface area contributed by atoms with Gasteiger partial charge in [-0.05, 0) is 24.3 Å². The molecule has 0 amide bonds. The maximum Gasteiger partial charge on any atom is 0.356 e. The lowest BCUT2D eigenvalue weighted by atomic mass is 10.1. The Morgan fingerprint density at radius 3 is 2.65 bits per heavy atom. The molecule has 1 aromatic carbocycles. The van der Waals surface area contributed by atoms with Gasteiger partial charge in [-0.2, -0.15) is 5.10 Å². The topological polar surface area (TPSA) is 75.4 Å². The van der Waals surface area contributed by atoms with Gasteiger partial charge in [0.2, 0.25) is 0 Å². The number of carboxylic acid groups (broad SMARTS) is 1. The number of aromatic hydroxyl groups is 1. The number of benzene rings is 1. The van der Waals surface area contributed by atoms with E-state index in [2.05, 4.69) is 5.10 Å². The second-order valence-corrected chi connectivity index (χ2v) is 3.91. The molecular weight excluding hydrogens is 244 g/mol. The van der Waals surface area contributed by atoms with Crippen molar-refractivity contribution in [2.45, 2.75) is 0 Å². The molecule has 6 heteroatoms. The third-order valence-corrected chi connectivity index (χ3v) is 2.64. The summed E-state index contributed by atoms with van der Waals surface area (Å²) in [6.07, 6.45) is 0. The van der Waals surface area contributed by atoms with Crippen molar-refractivity contribution >= 4 is 17.6 Å². The summed E-state index contributed by atoms with van der Waals surface area (Å²) in [4.78, 5) is 10.8. The second kappa shape index (κ2) is 4.10. The van der Waals surface area contributed by atoms with Crippen molar-refractivity contribution in [1.29, 1.82) is 0 Å². The molecule has 2 rings (SSSR count). The van der Waals surface area contributed by atoms with Gasteiger partial charge in [-0.1, -0.05) is 11.6 Å². The number of aromatic carboxylic acids is 1. The Labute approximate surface area is 102 Å². The normalized spacial score (nSPS) is 10.5. The SMILES string of the molecule is Cn1nc(C(=O)O)cc1-c1ccc(O)cc1Cl. The molecule has 2 aromatic rings. The highest BCUT2D eigenvalue weighted by atomic mass is 35.5. The summed E-state index contributed by atoms with van der Waals surface area (Å²) >= 11 is 5.98. The number of aromatic nitrogens is 2. The summed E-state index contributed by atoms with van der Waals surface area (Å²) in [5.74, 6) is -1.04. The molecule has 0 aliphatic rings. The minimum atomic E-state index is -1.10. The van der Waals surface area contributed by atoms with E-state index in [-0.39, 0.29) is 11.4 Å². The van der Waals surface area contributed by atoms with Crippen LogP contribution in [0.25, 0.3) is 11.3 Å². The Morgan fingerprint density at radius 1 is 1.41 bits per heavy atom. The van der Waals surface area contributed by atoms with E-state index < -0.39 is 5.97 Å². The maximum absolute atomic E-state index is 10.8. The molecule has 0 radical (unpaired) electrons. The molecule has 1 aromatic heterocycles. The molecule has 0 saturated heterocycles. The summed E-state index contributed by atoms with van der Waals surface area (Å²) in [7, 11) is 1.63. The summed E-state index contributed by atoms with van der Waals surface area (Å²) in [6, 6.07) is 5.92. The molecule has 0 unspecified atom stereocenters. The molecule has 0 atom stereocenters. The van der Waals surface area contributed by atoms with Crippen LogP contribution in [-0.4, -0.2) is 26.0 Å². The van der Waals surface area contributed by atoms with Crippen molar-refractivity contribution in [3.05, 3.63) is 35.0 Å². The van der Waals surface area contributed by atoms with Crippen molar-refractivity contribution in [3.8, 4) is 17.0 Å². The van der Waals surface area contributed by atoms with Crippen LogP contribution in [0.2, 0.25) is 5.02 Å². The van der Waals surface area contributed by atoms with Crippen molar-refractivity contribution in [1.82, 2.24) is 9.78 Å². The largest absolute Gasteiger partial charge is 0.508 e. The third kappa shape index (κ3) is 2.09. The van der Waals surface area contributed by atoms with Crippen molar-refractivity contribution in [2.75, 3.05) is 0 Å². The average Bonchev–Trinajstić information content (AvgIpc) is 2.61. The number of halogens is 1. The van der Waals surface area contributed by atoms with Crippen molar-refractivity contribution in [3.63, 3.8) is 0 Å². The van der Waals surface area contributed by atoms with Crippen molar-refractivity contribution in [2.24, 2.45) is 7.05 Å². The fourth-order valence-corrected chi connectivity index (χ4v) is 1.81. The zero-order chi connectivity index (χ0) is 12.6. The summed E-state index contributed by atoms with van der Waals surface area (Å²) in [6.45, 7) is 0. The van der Waals surface area contributed by atoms with Gasteiger partial charge in [-0.15, -0.1) is 0 Å². The van der Waals surface area contributed by atoms with E-state index in [1.54, 1.807) is 13.1 Å². The van der Waals surface area contributed by atoms with Gasteiger partial charge >= 0.3 is 5.97 Å². The Balaban J connectivity index is 2.56. The second-order valence-electron chi connectivity index (χ2n) is 3.51. The average molecular weight is 253 g/mol. The van der Waals surface area contributed by atoms with Gasteiger partial charge in [0.15, 0.2) is 5.69 Å². The molecule has 1 heterocycles. The number of aryl methyl sites for hydroxylation is 1. The molecular formula is C11H9ClN2O3. The Bertz CT molecular complexity index is 592. The minimum absolute atomic E-state index is 0.0494. The monoisotopic (exact) mass is 252 g/mol. The lowest BCUT2D eigenvalue weighted by molar-refractivity contribution is 0.0689. The predicted octanol–water partition coefficient (Wildman–Crippen LogP) is 2.14. The Hall–Kier alpha value is -2.01. The number of nitrogens with zero attached hydrogens (tertiary/aromatic N) is 2. The van der Waals surface area contributed by atoms with Crippen molar-refractivity contribution < 1.29 is 15.0 Å². The van der Waals surface area contributed by atoms with Crippen LogP contribution >= 0.6 is 11.6 Å². The van der Waals surface area contributed by atoms with E-state index >= 15 is 0 Å². The van der Waals surface area contributed by atoms with Gasteiger partial charge in [-0.25, -0.2) is 4.79 Å². The summed E-state index contributed by atoms with van der Waals surface area (Å²) in [5.41, 5.74) is 1.14. The van der Waals surface area contributed by atoms with Crippen LogP contribution in [0, 0.1) is 0 Å². The van der Waals surface area contributed by atoms with E-state index in [9.17, 15) is 9.90 Å². The highest BCUT2D eigenvalue weighted by molar-refractivity contribution is 6.33. The molecule has 2 N–H and O–H groups in total. The van der Waals surface area contributed by atoms with Crippen LogP contribution < -0.4 is 0 Å². The Kier molecular flexibility index (Phi) is 2.77. The highest BCUT2D eigenvalue weighted by Crippen LogP contribution is 2.30. The van der Waals surface area contributed by atoms with Crippen LogP contribution in [0.3, 0.4) is 0 Å². The first-order valence-corrected chi connectivity index (χ1v) is 5.13. The lowest BCUT2D eigenvalue weighted by Crippen LogP contribution is -1.99. The molecule has 0 fully saturated rings. The maximum atomic E-state index is 10.8. The van der Waals surface area contributed by atoms with Gasteiger partial charge in [0.1, 0.15) is 5.75 Å². The number of hydrogen-bond donors (Lipinski definition) is 2. The van der Waals surface area contributed by atoms with Crippen LogP contribution in [0.4, 0.5) is 0 Å². The zero-order valence-corrected chi connectivity index (χ0v) is 9.64. The zero-order valence-electron chi connectivity index (χ0n) is 8.88. The Morgan fingerprint density at radius 2 is 2.12 bits per heavy atom. The van der Waals surface area contributed by atoms with E-state index in [4.69, 9.17) is 16.7 Å². The molecule has 17 heavy (non-hydrogen) atoms. The van der Waals surface area contributed by atoms with E-state index in [0.717, 1.165) is 0 Å². The first-order valence-electron chi connectivity index (χ1n) is 4.75. The predicted molar refractivity (Wildman–Crippen MR) is 62.3 cm³/mol. The quantitative estimate of drug-likeness (QED) is 0.859. The standard InChI is InChI=1S/C11H9ClN2O3/c1-14-10(5-9(13-14)11(16)17)7-3-2-6(15)4-8(7)12/h2-5,15H,1H3,(H,16,17). The smallest absolute Gasteiger partial charge is 0.356 e. The molecule has 0 aliphatic carbocycles. The lowest BCUT2D eigenvalue weighted by Gasteiger charge is -2.04. The number of carbonyl (C=O) groups is 1. The van der Waals surface area contributed by atoms with E-state index in [1.807, 2.05) is 0 Å². The summed E-state index contributed by atoms with van der Waals surface area (Å²) < 4.78 is 1.43. The van der Waals surface area contributed by atoms with Crippen LogP contribution in [0.5, 0.6) is 5.75 Å². The summed E-state index contributed by atoms with van der Waals surface area (Å²) in [5, 5.41) is 22.3. The number of phenols is 1. The van der Waals surface area contributed by atoms with Crippen LogP contribution in [-0.2, 0) is 7.05 Å². The van der Waals surface area contributed by atoms with Crippen LogP contribution in [0.15, 0.2) is 24.3 Å². The number of hydrogen-bond acceptors (Lipinski definition) is 3. The first-order chi connectivity index (χ1) is 7.99. The molecule has 0 spiro atoms. The highest BCUT2D eigenvalue weighted by Gasteiger charge is 2.14. The first kappa shape index (κ1) is 11.5. The molecule has 5 nitrogen and oxygen atoms in total. The number of rotatable bonds is 2. The van der Waals surface area contributed by atoms with Gasteiger partial charge in [0.25, 0.3) is 0 Å². The number of phenolic OH excluding ortho intramolecular Hbond substituents is 1. The van der Waals surface area contributed by atoms with Gasteiger partial charge in [0.05, 0.1) is 10.7 Å². The fourth-order valence-electron chi connectivity index (χ4n) is 1.54. The van der Waals surface area contributed by atoms with Gasteiger partial charge in [-0.3, -0.25) is 4.68 Å². The van der Waals surface area contributed by atoms with Gasteiger partial charge < -0.3 is 10.2 Å². The fraction of sp³-hybridized carbons (Fsp3) is 0.0909.